The smallest absolute Gasteiger partial charge is 0.158 e. The first-order valence-electron chi connectivity index (χ1n) is 5.85. The van der Waals surface area contributed by atoms with E-state index in [4.69, 9.17) is 17.3 Å². The average molecular weight is 278 g/mol. The zero-order valence-electron chi connectivity index (χ0n) is 10.1. The standard InChI is InChI=1S/C15H13ClFNO/c16-12-7-4-8-13(17)11(12)9-14(19)15(18)10-5-2-1-3-6-10/h1-8,15H,9,18H2/t15-/m1/s1. The largest absolute Gasteiger partial charge is 0.318 e. The highest BCUT2D eigenvalue weighted by Crippen LogP contribution is 2.22. The monoisotopic (exact) mass is 277 g/mol. The van der Waals surface area contributed by atoms with E-state index >= 15 is 0 Å². The third kappa shape index (κ3) is 3.19. The quantitative estimate of drug-likeness (QED) is 0.932. The summed E-state index contributed by atoms with van der Waals surface area (Å²) in [6.45, 7) is 0. The SMILES string of the molecule is N[C@@H](C(=O)Cc1c(F)cccc1Cl)c1ccccc1. The first kappa shape index (κ1) is 13.7. The van der Waals surface area contributed by atoms with Crippen LogP contribution in [0.3, 0.4) is 0 Å². The Morgan fingerprint density at radius 3 is 2.47 bits per heavy atom. The van der Waals surface area contributed by atoms with Gasteiger partial charge in [-0.2, -0.15) is 0 Å². The van der Waals surface area contributed by atoms with Crippen LogP contribution in [0, 0.1) is 5.82 Å². The summed E-state index contributed by atoms with van der Waals surface area (Å²) in [6.07, 6.45) is -0.110. The maximum absolute atomic E-state index is 13.6. The Morgan fingerprint density at radius 2 is 1.84 bits per heavy atom. The van der Waals surface area contributed by atoms with Crippen molar-refractivity contribution < 1.29 is 9.18 Å². The Bertz CT molecular complexity index is 566. The van der Waals surface area contributed by atoms with E-state index in [1.165, 1.54) is 12.1 Å². The van der Waals surface area contributed by atoms with Crippen LogP contribution in [0.4, 0.5) is 4.39 Å². The second kappa shape index (κ2) is 5.95. The molecule has 2 aromatic carbocycles. The Balaban J connectivity index is 2.18. The Labute approximate surface area is 116 Å². The molecular weight excluding hydrogens is 265 g/mol. The number of nitrogens with two attached hydrogens (primary N) is 1. The van der Waals surface area contributed by atoms with Crippen LogP contribution >= 0.6 is 11.6 Å². The van der Waals surface area contributed by atoms with Gasteiger partial charge in [0.25, 0.3) is 0 Å². The van der Waals surface area contributed by atoms with Gasteiger partial charge in [-0.3, -0.25) is 4.79 Å². The predicted molar refractivity (Wildman–Crippen MR) is 73.5 cm³/mol. The molecule has 0 bridgehead atoms. The van der Waals surface area contributed by atoms with Crippen molar-refractivity contribution in [3.05, 3.63) is 70.5 Å². The third-order valence-electron chi connectivity index (χ3n) is 2.92. The highest BCUT2D eigenvalue weighted by Gasteiger charge is 2.19. The summed E-state index contributed by atoms with van der Waals surface area (Å²) in [7, 11) is 0. The lowest BCUT2D eigenvalue weighted by Crippen LogP contribution is -2.23. The fourth-order valence-electron chi connectivity index (χ4n) is 1.83. The van der Waals surface area contributed by atoms with Gasteiger partial charge in [-0.05, 0) is 17.7 Å². The van der Waals surface area contributed by atoms with Crippen LogP contribution < -0.4 is 5.73 Å². The summed E-state index contributed by atoms with van der Waals surface area (Å²) >= 11 is 5.89. The van der Waals surface area contributed by atoms with Gasteiger partial charge in [-0.15, -0.1) is 0 Å². The molecule has 2 aromatic rings. The van der Waals surface area contributed by atoms with Crippen molar-refractivity contribution in [1.29, 1.82) is 0 Å². The zero-order chi connectivity index (χ0) is 13.8. The van der Waals surface area contributed by atoms with E-state index in [1.807, 2.05) is 6.07 Å². The lowest BCUT2D eigenvalue weighted by Gasteiger charge is -2.12. The first-order valence-corrected chi connectivity index (χ1v) is 6.23. The molecule has 0 aromatic heterocycles. The Morgan fingerprint density at radius 1 is 1.16 bits per heavy atom. The Kier molecular flexibility index (Phi) is 4.30. The topological polar surface area (TPSA) is 43.1 Å². The summed E-state index contributed by atoms with van der Waals surface area (Å²) in [5, 5.41) is 0.244. The number of rotatable bonds is 4. The second-order valence-electron chi connectivity index (χ2n) is 4.23. The van der Waals surface area contributed by atoms with Crippen molar-refractivity contribution in [2.75, 3.05) is 0 Å². The number of Topliss-reactive ketones (excluding diaryl/α,β-unsaturated/α-hetero) is 1. The van der Waals surface area contributed by atoms with Crippen molar-refractivity contribution in [2.45, 2.75) is 12.5 Å². The van der Waals surface area contributed by atoms with Crippen molar-refractivity contribution in [3.8, 4) is 0 Å². The molecule has 19 heavy (non-hydrogen) atoms. The van der Waals surface area contributed by atoms with Crippen LogP contribution in [-0.2, 0) is 11.2 Å². The molecule has 0 heterocycles. The molecule has 0 spiro atoms. The molecule has 0 aliphatic carbocycles. The van der Waals surface area contributed by atoms with Crippen LogP contribution in [0.15, 0.2) is 48.5 Å². The van der Waals surface area contributed by atoms with E-state index < -0.39 is 11.9 Å². The molecule has 2 N–H and O–H groups in total. The van der Waals surface area contributed by atoms with E-state index in [9.17, 15) is 9.18 Å². The normalized spacial score (nSPS) is 12.2. The predicted octanol–water partition coefficient (Wildman–Crippen LogP) is 3.29. The molecule has 0 aliphatic rings. The van der Waals surface area contributed by atoms with Crippen molar-refractivity contribution >= 4 is 17.4 Å². The maximum atomic E-state index is 13.6. The Hall–Kier alpha value is -1.71. The highest BCUT2D eigenvalue weighted by molar-refractivity contribution is 6.31. The van der Waals surface area contributed by atoms with Gasteiger partial charge in [0.2, 0.25) is 0 Å². The van der Waals surface area contributed by atoms with Gasteiger partial charge in [0.15, 0.2) is 5.78 Å². The van der Waals surface area contributed by atoms with E-state index in [0.29, 0.717) is 5.56 Å². The summed E-state index contributed by atoms with van der Waals surface area (Å²) in [6, 6.07) is 12.6. The van der Waals surface area contributed by atoms with E-state index in [2.05, 4.69) is 0 Å². The number of benzene rings is 2. The van der Waals surface area contributed by atoms with Gasteiger partial charge < -0.3 is 5.73 Å². The molecule has 1 atom stereocenters. The minimum absolute atomic E-state index is 0.110. The number of carbonyl (C=O) groups excluding carboxylic acids is 1. The zero-order valence-corrected chi connectivity index (χ0v) is 10.9. The van der Waals surface area contributed by atoms with Crippen molar-refractivity contribution in [3.63, 3.8) is 0 Å². The molecule has 0 radical (unpaired) electrons. The molecular formula is C15H13ClFNO. The van der Waals surface area contributed by atoms with E-state index in [-0.39, 0.29) is 22.8 Å². The minimum atomic E-state index is -0.767. The van der Waals surface area contributed by atoms with Crippen LogP contribution in [-0.4, -0.2) is 5.78 Å². The minimum Gasteiger partial charge on any atom is -0.318 e. The first-order chi connectivity index (χ1) is 9.09. The maximum Gasteiger partial charge on any atom is 0.158 e. The number of hydrogen-bond acceptors (Lipinski definition) is 2. The van der Waals surface area contributed by atoms with Crippen LogP contribution in [0.25, 0.3) is 0 Å². The fraction of sp³-hybridized carbons (Fsp3) is 0.133. The fourth-order valence-corrected chi connectivity index (χ4v) is 2.06. The van der Waals surface area contributed by atoms with Gasteiger partial charge in [-0.1, -0.05) is 48.0 Å². The molecule has 2 rings (SSSR count). The summed E-state index contributed by atoms with van der Waals surface area (Å²) in [5.74, 6) is -0.751. The van der Waals surface area contributed by atoms with E-state index in [0.717, 1.165) is 0 Å². The number of carbonyl (C=O) groups is 1. The number of halogens is 2. The third-order valence-corrected chi connectivity index (χ3v) is 3.27. The summed E-state index contributed by atoms with van der Waals surface area (Å²) in [5.41, 5.74) is 6.77. The van der Waals surface area contributed by atoms with E-state index in [1.54, 1.807) is 30.3 Å². The van der Waals surface area contributed by atoms with Crippen LogP contribution in [0.2, 0.25) is 5.02 Å². The van der Waals surface area contributed by atoms with Gasteiger partial charge in [0, 0.05) is 17.0 Å². The molecule has 0 saturated carbocycles. The molecule has 2 nitrogen and oxygen atoms in total. The van der Waals surface area contributed by atoms with Crippen LogP contribution in [0.5, 0.6) is 0 Å². The van der Waals surface area contributed by atoms with Gasteiger partial charge in [-0.25, -0.2) is 4.39 Å². The molecule has 0 unspecified atom stereocenters. The van der Waals surface area contributed by atoms with Gasteiger partial charge in [0.05, 0.1) is 6.04 Å². The molecule has 98 valence electrons. The van der Waals surface area contributed by atoms with Crippen molar-refractivity contribution in [1.82, 2.24) is 0 Å². The molecule has 0 fully saturated rings. The van der Waals surface area contributed by atoms with Gasteiger partial charge in [0.1, 0.15) is 5.82 Å². The molecule has 0 amide bonds. The summed E-state index contributed by atoms with van der Waals surface area (Å²) < 4.78 is 13.6. The molecule has 0 saturated heterocycles. The summed E-state index contributed by atoms with van der Waals surface area (Å²) in [4.78, 5) is 12.1. The van der Waals surface area contributed by atoms with Crippen molar-refractivity contribution in [2.24, 2.45) is 5.73 Å². The van der Waals surface area contributed by atoms with Crippen LogP contribution in [0.1, 0.15) is 17.2 Å². The molecule has 0 aliphatic heterocycles. The highest BCUT2D eigenvalue weighted by atomic mass is 35.5. The van der Waals surface area contributed by atoms with Gasteiger partial charge >= 0.3 is 0 Å². The lowest BCUT2D eigenvalue weighted by molar-refractivity contribution is -0.119. The average Bonchev–Trinajstić information content (AvgIpc) is 2.43. The lowest BCUT2D eigenvalue weighted by atomic mass is 9.98. The second-order valence-corrected chi connectivity index (χ2v) is 4.64. The number of ketones is 1. The molecule has 4 heteroatoms. The number of hydrogen-bond donors (Lipinski definition) is 1.